The molecular formula is C83H58Cl5N15O3. The van der Waals surface area contributed by atoms with Gasteiger partial charge in [0.25, 0.3) is 0 Å². The van der Waals surface area contributed by atoms with Crippen molar-refractivity contribution in [3.63, 3.8) is 0 Å². The number of hydrogen-bond donors (Lipinski definition) is 0. The predicted octanol–water partition coefficient (Wildman–Crippen LogP) is 20.8. The molecule has 0 atom stereocenters. The van der Waals surface area contributed by atoms with Crippen LogP contribution in [-0.2, 0) is 6.42 Å². The molecule has 5 aromatic heterocycles. The van der Waals surface area contributed by atoms with Crippen LogP contribution in [0.25, 0.3) is 79.1 Å². The van der Waals surface area contributed by atoms with Gasteiger partial charge in [-0.1, -0.05) is 284 Å². The zero-order chi connectivity index (χ0) is 73.4. The number of benzene rings is 11. The molecule has 0 aliphatic rings. The highest BCUT2D eigenvalue weighted by molar-refractivity contribution is 6.29. The van der Waals surface area contributed by atoms with Crippen LogP contribution in [0.2, 0.25) is 26.4 Å². The Bertz CT molecular complexity index is 5430. The number of para-hydroxylation sites is 2. The molecule has 0 unspecified atom stereocenters. The number of carbonyl (C=O) groups is 1. The number of rotatable bonds is 14. The zero-order valence-corrected chi connectivity index (χ0v) is 60.2. The van der Waals surface area contributed by atoms with Crippen molar-refractivity contribution in [2.24, 2.45) is 0 Å². The van der Waals surface area contributed by atoms with Crippen LogP contribution >= 0.6 is 58.0 Å². The van der Waals surface area contributed by atoms with E-state index in [1.165, 1.54) is 16.5 Å². The number of nitrogens with zero attached hydrogens (tertiary/aromatic N) is 15. The molecular weight excluding hydrogens is 1430 g/mol. The lowest BCUT2D eigenvalue weighted by Gasteiger charge is -2.06. The van der Waals surface area contributed by atoms with E-state index in [0.29, 0.717) is 64.3 Å². The second-order valence-corrected chi connectivity index (χ2v) is 24.5. The van der Waals surface area contributed by atoms with Crippen LogP contribution in [0, 0.1) is 13.8 Å². The first-order chi connectivity index (χ1) is 51.7. The van der Waals surface area contributed by atoms with E-state index in [1.54, 1.807) is 48.5 Å². The van der Waals surface area contributed by atoms with Gasteiger partial charge in [-0.05, 0) is 119 Å². The molecule has 0 spiro atoms. The molecule has 18 nitrogen and oxygen atoms in total. The van der Waals surface area contributed by atoms with Crippen molar-refractivity contribution in [2.75, 3.05) is 0 Å². The van der Waals surface area contributed by atoms with E-state index in [9.17, 15) is 4.79 Å². The Hall–Kier alpha value is -12.6. The van der Waals surface area contributed by atoms with Crippen molar-refractivity contribution in [3.8, 4) is 91.8 Å². The molecule has 106 heavy (non-hydrogen) atoms. The van der Waals surface area contributed by atoms with Crippen LogP contribution in [0.4, 0.5) is 0 Å². The fraction of sp³-hybridized carbons (Fsp3) is 0.0361. The molecule has 16 aromatic rings. The van der Waals surface area contributed by atoms with Gasteiger partial charge in [0, 0.05) is 45.4 Å². The topological polar surface area (TPSA) is 229 Å². The van der Waals surface area contributed by atoms with Crippen LogP contribution in [0.3, 0.4) is 0 Å². The first-order valence-electron chi connectivity index (χ1n) is 32.7. The Morgan fingerprint density at radius 1 is 0.283 bits per heavy atom. The number of halogens is 5. The second kappa shape index (κ2) is 36.5. The van der Waals surface area contributed by atoms with E-state index < -0.39 is 0 Å². The van der Waals surface area contributed by atoms with Crippen molar-refractivity contribution in [3.05, 3.63) is 364 Å². The average molecular weight is 1490 g/mol. The van der Waals surface area contributed by atoms with Gasteiger partial charge in [-0.25, -0.2) is 24.9 Å². The standard InChI is InChI=1S/C19H12ClN3.C17H14ClN3.C16H10ClN3O.C16H12ClN3.C15H10ClN3O2/c20-19-22-17(14-7-2-1-3-8-14)21-18(23-19)16-11-10-13-6-4-5-9-15(13)12-16;1-11-3-7-13(8-4-11)15-19-16(21-17(18)20-15)14-9-5-12(2)6-10-14;17-16-19-14(12-9-5-2-6-10-12)18-15(20-16)13(21)11-7-3-1-4-8-11;17-16-19-14(11-12-7-3-1-4-8-12)18-15(20-16)13-9-5-2-6-10-13;16-13-17-14(20-11-7-3-1-4-8-11)19-15(18-13)21-12-9-5-2-6-10-12/h1-12H;3-10H,1-2H3;1-10H;1-10H,11H2;1-10H. The van der Waals surface area contributed by atoms with Crippen molar-refractivity contribution in [1.29, 1.82) is 0 Å². The zero-order valence-electron chi connectivity index (χ0n) is 56.4. The summed E-state index contributed by atoms with van der Waals surface area (Å²) in [6, 6.07) is 96.6. The molecule has 0 amide bonds. The Labute approximate surface area is 635 Å². The lowest BCUT2D eigenvalue weighted by molar-refractivity contribution is 0.102. The number of carbonyl (C=O) groups excluding carboxylic acids is 1. The summed E-state index contributed by atoms with van der Waals surface area (Å²) in [5, 5.41) is 2.95. The minimum Gasteiger partial charge on any atom is -0.424 e. The van der Waals surface area contributed by atoms with E-state index in [1.807, 2.05) is 244 Å². The number of hydrogen-bond acceptors (Lipinski definition) is 18. The maximum absolute atomic E-state index is 12.4. The van der Waals surface area contributed by atoms with Crippen LogP contribution in [0.5, 0.6) is 23.5 Å². The SMILES string of the molecule is Cc1ccc(-c2nc(Cl)nc(-c3ccc(C)cc3)n2)cc1.Clc1nc(-c2ccccc2)nc(-c2ccc3ccccc3c2)n1.Clc1nc(Cc2ccccc2)nc(-c2ccccc2)n1.Clc1nc(Oc2ccccc2)nc(Oc2ccccc2)n1.O=C(c1ccccc1)c1nc(Cl)nc(-c2ccccc2)n1. The Morgan fingerprint density at radius 2 is 0.613 bits per heavy atom. The number of ether oxygens (including phenoxy) is 2. The van der Waals surface area contributed by atoms with Crippen molar-refractivity contribution >= 4 is 74.6 Å². The summed E-state index contributed by atoms with van der Waals surface area (Å²) in [5.74, 6) is 4.97. The number of aromatic nitrogens is 15. The molecule has 11 aromatic carbocycles. The minimum atomic E-state index is -0.280. The summed E-state index contributed by atoms with van der Waals surface area (Å²) in [6.07, 6.45) is 0.642. The fourth-order valence-corrected chi connectivity index (χ4v) is 10.8. The summed E-state index contributed by atoms with van der Waals surface area (Å²) in [5.41, 5.74) is 9.46. The highest BCUT2D eigenvalue weighted by atomic mass is 35.5. The molecule has 0 N–H and O–H groups in total. The van der Waals surface area contributed by atoms with Crippen molar-refractivity contribution in [2.45, 2.75) is 20.3 Å². The van der Waals surface area contributed by atoms with Gasteiger partial charge < -0.3 is 9.47 Å². The molecule has 23 heteroatoms. The van der Waals surface area contributed by atoms with Gasteiger partial charge >= 0.3 is 12.0 Å². The number of ketones is 1. The molecule has 0 bridgehead atoms. The third-order valence-corrected chi connectivity index (χ3v) is 16.0. The Kier molecular flexibility index (Phi) is 25.2. The maximum Gasteiger partial charge on any atom is 0.329 e. The average Bonchev–Trinajstić information content (AvgIpc) is 0.842. The lowest BCUT2D eigenvalue weighted by atomic mass is 10.1. The maximum atomic E-state index is 12.4. The van der Waals surface area contributed by atoms with Gasteiger partial charge in [0.2, 0.25) is 38.0 Å². The second-order valence-electron chi connectivity index (χ2n) is 22.8. The third kappa shape index (κ3) is 21.3. The molecule has 0 aliphatic heterocycles. The highest BCUT2D eigenvalue weighted by Gasteiger charge is 2.18. The van der Waals surface area contributed by atoms with Crippen molar-refractivity contribution < 1.29 is 14.3 Å². The summed E-state index contributed by atoms with van der Waals surface area (Å²) in [7, 11) is 0. The molecule has 5 heterocycles. The number of aryl methyl sites for hydroxylation is 2. The van der Waals surface area contributed by atoms with Gasteiger partial charge in [-0.3, -0.25) is 4.79 Å². The van der Waals surface area contributed by atoms with Crippen molar-refractivity contribution in [1.82, 2.24) is 74.8 Å². The predicted molar refractivity (Wildman–Crippen MR) is 416 cm³/mol. The lowest BCUT2D eigenvalue weighted by Crippen LogP contribution is -2.09. The van der Waals surface area contributed by atoms with Gasteiger partial charge in [0.05, 0.1) is 0 Å². The normalized spacial score (nSPS) is 10.5. The Balaban J connectivity index is 0.000000124. The quantitative estimate of drug-likeness (QED) is 0.0921. The summed E-state index contributed by atoms with van der Waals surface area (Å²) >= 11 is 29.9. The summed E-state index contributed by atoms with van der Waals surface area (Å²) < 4.78 is 11.0. The van der Waals surface area contributed by atoms with E-state index in [0.717, 1.165) is 44.3 Å². The van der Waals surface area contributed by atoms with Crippen LogP contribution in [0.1, 0.15) is 38.7 Å². The summed E-state index contributed by atoms with van der Waals surface area (Å²) in [6.45, 7) is 4.09. The van der Waals surface area contributed by atoms with Gasteiger partial charge in [0.15, 0.2) is 34.9 Å². The largest absolute Gasteiger partial charge is 0.424 e. The molecule has 0 aliphatic carbocycles. The van der Waals surface area contributed by atoms with Gasteiger partial charge in [-0.15, -0.1) is 4.98 Å². The van der Waals surface area contributed by atoms with Crippen LogP contribution < -0.4 is 9.47 Å². The minimum absolute atomic E-state index is 0.00172. The molecule has 0 saturated carbocycles. The molecule has 0 saturated heterocycles. The Morgan fingerprint density at radius 3 is 1.07 bits per heavy atom. The first-order valence-corrected chi connectivity index (χ1v) is 34.6. The molecule has 16 rings (SSSR count). The van der Waals surface area contributed by atoms with E-state index in [4.69, 9.17) is 67.5 Å². The van der Waals surface area contributed by atoms with Gasteiger partial charge in [-0.2, -0.15) is 44.9 Å². The molecule has 518 valence electrons. The molecule has 0 fully saturated rings. The smallest absolute Gasteiger partial charge is 0.329 e. The third-order valence-electron chi connectivity index (χ3n) is 15.1. The van der Waals surface area contributed by atoms with Gasteiger partial charge in [0.1, 0.15) is 17.3 Å². The number of fused-ring (bicyclic) bond motifs is 1. The molecule has 0 radical (unpaired) electrons. The fourth-order valence-electron chi connectivity index (χ4n) is 9.98. The van der Waals surface area contributed by atoms with E-state index >= 15 is 0 Å². The first kappa shape index (κ1) is 73.2. The highest BCUT2D eigenvalue weighted by Crippen LogP contribution is 2.29. The van der Waals surface area contributed by atoms with Crippen LogP contribution in [-0.4, -0.2) is 80.5 Å². The van der Waals surface area contributed by atoms with E-state index in [-0.39, 0.29) is 50.0 Å². The summed E-state index contributed by atoms with van der Waals surface area (Å²) in [4.78, 5) is 75.4. The van der Waals surface area contributed by atoms with E-state index in [2.05, 4.69) is 99.0 Å². The monoisotopic (exact) mass is 1490 g/mol. The van der Waals surface area contributed by atoms with Crippen LogP contribution in [0.15, 0.2) is 303 Å².